The molecule has 0 fully saturated rings. The molecular formula is C11H24BrNO. The Hall–Kier alpha value is 0.400. The van der Waals surface area contributed by atoms with Gasteiger partial charge in [0.1, 0.15) is 0 Å². The second-order valence-electron chi connectivity index (χ2n) is 3.92. The molecule has 1 N–H and O–H groups in total. The van der Waals surface area contributed by atoms with E-state index in [1.54, 1.807) is 0 Å². The molecule has 1 atom stereocenters. The lowest BCUT2D eigenvalue weighted by Crippen LogP contribution is -2.37. The van der Waals surface area contributed by atoms with Gasteiger partial charge in [-0.05, 0) is 12.3 Å². The van der Waals surface area contributed by atoms with Crippen LogP contribution in [0.25, 0.3) is 0 Å². The maximum atomic E-state index is 5.47. The first kappa shape index (κ1) is 14.4. The summed E-state index contributed by atoms with van der Waals surface area (Å²) in [5, 5.41) is 4.49. The first-order valence-corrected chi connectivity index (χ1v) is 6.71. The molecule has 0 rings (SSSR count). The minimum atomic E-state index is 0.560. The van der Waals surface area contributed by atoms with Crippen LogP contribution in [0.1, 0.15) is 33.6 Å². The third-order valence-corrected chi connectivity index (χ3v) is 2.96. The lowest BCUT2D eigenvalue weighted by atomic mass is 10.1. The molecule has 0 amide bonds. The number of halogens is 1. The summed E-state index contributed by atoms with van der Waals surface area (Å²) in [7, 11) is 0. The van der Waals surface area contributed by atoms with Crippen LogP contribution in [-0.4, -0.2) is 31.1 Å². The topological polar surface area (TPSA) is 21.3 Å². The molecule has 0 aromatic heterocycles. The molecule has 0 aliphatic rings. The smallest absolute Gasteiger partial charge is 0.0591 e. The van der Waals surface area contributed by atoms with Crippen LogP contribution in [0.15, 0.2) is 0 Å². The number of unbranched alkanes of at least 4 members (excludes halogenated alkanes) is 1. The van der Waals surface area contributed by atoms with Gasteiger partial charge in [-0.1, -0.05) is 43.1 Å². The maximum absolute atomic E-state index is 5.47. The fourth-order valence-electron chi connectivity index (χ4n) is 1.13. The third kappa shape index (κ3) is 7.77. The highest BCUT2D eigenvalue weighted by molar-refractivity contribution is 9.09. The van der Waals surface area contributed by atoms with Gasteiger partial charge in [0, 0.05) is 24.5 Å². The summed E-state index contributed by atoms with van der Waals surface area (Å²) in [5.41, 5.74) is 0. The van der Waals surface area contributed by atoms with E-state index < -0.39 is 0 Å². The molecule has 0 aromatic rings. The largest absolute Gasteiger partial charge is 0.380 e. The third-order valence-electron chi connectivity index (χ3n) is 2.27. The van der Waals surface area contributed by atoms with Crippen molar-refractivity contribution in [3.05, 3.63) is 0 Å². The van der Waals surface area contributed by atoms with Gasteiger partial charge < -0.3 is 10.1 Å². The fourth-order valence-corrected chi connectivity index (χ4v) is 2.11. The van der Waals surface area contributed by atoms with E-state index >= 15 is 0 Å². The standard InChI is InChI=1S/C11H24BrNO/c1-4-5-7-14-8-6-13-11(9-12)10(2)3/h10-11,13H,4-9H2,1-3H3. The number of hydrogen-bond acceptors (Lipinski definition) is 2. The van der Waals surface area contributed by atoms with E-state index in [2.05, 4.69) is 42.0 Å². The predicted octanol–water partition coefficient (Wildman–Crippen LogP) is 2.81. The molecule has 3 heteroatoms. The Bertz CT molecular complexity index is 120. The lowest BCUT2D eigenvalue weighted by Gasteiger charge is -2.19. The molecule has 0 radical (unpaired) electrons. The number of alkyl halides is 1. The van der Waals surface area contributed by atoms with Gasteiger partial charge in [0.2, 0.25) is 0 Å². The monoisotopic (exact) mass is 265 g/mol. The molecule has 0 aliphatic heterocycles. The van der Waals surface area contributed by atoms with Gasteiger partial charge in [0.25, 0.3) is 0 Å². The van der Waals surface area contributed by atoms with Crippen molar-refractivity contribution in [1.29, 1.82) is 0 Å². The van der Waals surface area contributed by atoms with Crippen molar-refractivity contribution in [3.8, 4) is 0 Å². The number of hydrogen-bond donors (Lipinski definition) is 1. The Morgan fingerprint density at radius 1 is 1.29 bits per heavy atom. The zero-order chi connectivity index (χ0) is 10.8. The molecule has 86 valence electrons. The van der Waals surface area contributed by atoms with E-state index in [4.69, 9.17) is 4.74 Å². The van der Waals surface area contributed by atoms with Crippen molar-refractivity contribution in [3.63, 3.8) is 0 Å². The van der Waals surface area contributed by atoms with Crippen molar-refractivity contribution >= 4 is 15.9 Å². The number of nitrogens with one attached hydrogen (secondary N) is 1. The highest BCUT2D eigenvalue weighted by Gasteiger charge is 2.09. The van der Waals surface area contributed by atoms with E-state index in [-0.39, 0.29) is 0 Å². The second-order valence-corrected chi connectivity index (χ2v) is 4.57. The Kier molecular flexibility index (Phi) is 10.2. The van der Waals surface area contributed by atoms with Gasteiger partial charge >= 0.3 is 0 Å². The molecular weight excluding hydrogens is 242 g/mol. The molecule has 0 bridgehead atoms. The van der Waals surface area contributed by atoms with Crippen molar-refractivity contribution in [2.75, 3.05) is 25.1 Å². The molecule has 0 aromatic carbocycles. The maximum Gasteiger partial charge on any atom is 0.0591 e. The Morgan fingerprint density at radius 2 is 2.00 bits per heavy atom. The molecule has 0 spiro atoms. The minimum Gasteiger partial charge on any atom is -0.380 e. The summed E-state index contributed by atoms with van der Waals surface area (Å²) in [6.07, 6.45) is 2.38. The highest BCUT2D eigenvalue weighted by Crippen LogP contribution is 2.03. The predicted molar refractivity (Wildman–Crippen MR) is 66.1 cm³/mol. The highest BCUT2D eigenvalue weighted by atomic mass is 79.9. The van der Waals surface area contributed by atoms with Gasteiger partial charge in [-0.25, -0.2) is 0 Å². The lowest BCUT2D eigenvalue weighted by molar-refractivity contribution is 0.130. The molecule has 0 heterocycles. The van der Waals surface area contributed by atoms with Gasteiger partial charge in [-0.2, -0.15) is 0 Å². The van der Waals surface area contributed by atoms with Crippen molar-refractivity contribution < 1.29 is 4.74 Å². The number of rotatable bonds is 9. The van der Waals surface area contributed by atoms with Gasteiger partial charge in [0.15, 0.2) is 0 Å². The van der Waals surface area contributed by atoms with Crippen LogP contribution >= 0.6 is 15.9 Å². The van der Waals surface area contributed by atoms with Crippen LogP contribution in [0.3, 0.4) is 0 Å². The van der Waals surface area contributed by atoms with Crippen LogP contribution in [0, 0.1) is 5.92 Å². The van der Waals surface area contributed by atoms with Crippen molar-refractivity contribution in [1.82, 2.24) is 5.32 Å². The van der Waals surface area contributed by atoms with E-state index in [9.17, 15) is 0 Å². The van der Waals surface area contributed by atoms with Crippen LogP contribution in [0.5, 0.6) is 0 Å². The minimum absolute atomic E-state index is 0.560. The molecule has 2 nitrogen and oxygen atoms in total. The first-order chi connectivity index (χ1) is 6.72. The van der Waals surface area contributed by atoms with E-state index in [0.29, 0.717) is 12.0 Å². The Morgan fingerprint density at radius 3 is 2.50 bits per heavy atom. The summed E-state index contributed by atoms with van der Waals surface area (Å²) in [5.74, 6) is 0.671. The molecule has 1 unspecified atom stereocenters. The van der Waals surface area contributed by atoms with Crippen LogP contribution in [0.2, 0.25) is 0 Å². The average molecular weight is 266 g/mol. The summed E-state index contributed by atoms with van der Waals surface area (Å²) in [4.78, 5) is 0. The molecule has 0 saturated carbocycles. The number of ether oxygens (including phenoxy) is 1. The van der Waals surface area contributed by atoms with E-state index in [1.165, 1.54) is 12.8 Å². The Labute approximate surface area is 96.9 Å². The quantitative estimate of drug-likeness (QED) is 0.512. The summed E-state index contributed by atoms with van der Waals surface area (Å²) < 4.78 is 5.47. The van der Waals surface area contributed by atoms with Gasteiger partial charge in [-0.15, -0.1) is 0 Å². The first-order valence-electron chi connectivity index (χ1n) is 5.59. The van der Waals surface area contributed by atoms with Crippen molar-refractivity contribution in [2.45, 2.75) is 39.7 Å². The fraction of sp³-hybridized carbons (Fsp3) is 1.00. The molecule has 0 aliphatic carbocycles. The zero-order valence-corrected chi connectivity index (χ0v) is 11.3. The summed E-state index contributed by atoms with van der Waals surface area (Å²) in [6, 6.07) is 0.560. The van der Waals surface area contributed by atoms with Crippen LogP contribution in [0.4, 0.5) is 0 Å². The average Bonchev–Trinajstić information content (AvgIpc) is 2.16. The molecule has 0 saturated heterocycles. The summed E-state index contributed by atoms with van der Waals surface area (Å²) >= 11 is 3.51. The summed E-state index contributed by atoms with van der Waals surface area (Å²) in [6.45, 7) is 9.34. The van der Waals surface area contributed by atoms with Gasteiger partial charge in [0.05, 0.1) is 6.61 Å². The van der Waals surface area contributed by atoms with E-state index in [0.717, 1.165) is 25.1 Å². The van der Waals surface area contributed by atoms with Gasteiger partial charge in [-0.3, -0.25) is 0 Å². The van der Waals surface area contributed by atoms with Crippen LogP contribution in [-0.2, 0) is 4.74 Å². The Balaban J connectivity index is 3.25. The second kappa shape index (κ2) is 9.94. The van der Waals surface area contributed by atoms with Crippen LogP contribution < -0.4 is 5.32 Å². The van der Waals surface area contributed by atoms with E-state index in [1.807, 2.05) is 0 Å². The zero-order valence-electron chi connectivity index (χ0n) is 9.68. The van der Waals surface area contributed by atoms with Crippen molar-refractivity contribution in [2.24, 2.45) is 5.92 Å². The SMILES string of the molecule is CCCCOCCNC(CBr)C(C)C. The molecule has 14 heavy (non-hydrogen) atoms. The normalized spacial score (nSPS) is 13.5.